The molecule has 0 heterocycles. The minimum Gasteiger partial charge on any atom is -0.393 e. The van der Waals surface area contributed by atoms with E-state index in [0.717, 1.165) is 37.0 Å². The average Bonchev–Trinajstić information content (AvgIpc) is 2.84. The Hall–Kier alpha value is -0.830. The summed E-state index contributed by atoms with van der Waals surface area (Å²) in [6, 6.07) is 0. The fraction of sp³-hybridized carbons (Fsp3) is 0.842. The van der Waals surface area contributed by atoms with Gasteiger partial charge in [-0.25, -0.2) is 0 Å². The summed E-state index contributed by atoms with van der Waals surface area (Å²) in [4.78, 5) is 0. The number of nitrogens with two attached hydrogens (primary N) is 1. The first-order chi connectivity index (χ1) is 10.5. The number of nitrogens with zero attached hydrogens (tertiary/aromatic N) is 1. The van der Waals surface area contributed by atoms with Crippen LogP contribution in [0.1, 0.15) is 65.2 Å². The maximum absolute atomic E-state index is 10.0. The van der Waals surface area contributed by atoms with Crippen LogP contribution in [0.15, 0.2) is 16.8 Å². The molecule has 0 aromatic heterocycles. The van der Waals surface area contributed by atoms with Crippen LogP contribution in [0.3, 0.4) is 0 Å². The Balaban J connectivity index is 1.69. The molecule has 2 unspecified atom stereocenters. The Morgan fingerprint density at radius 1 is 1.14 bits per heavy atom. The number of hydrogen-bond donors (Lipinski definition) is 2. The first-order valence-electron chi connectivity index (χ1n) is 9.14. The van der Waals surface area contributed by atoms with Gasteiger partial charge in [-0.1, -0.05) is 25.5 Å². The maximum Gasteiger partial charge on any atom is 0.0577 e. The molecular weight excluding hydrogens is 272 g/mol. The third kappa shape index (κ3) is 1.81. The smallest absolute Gasteiger partial charge is 0.0577 e. The highest BCUT2D eigenvalue weighted by molar-refractivity contribution is 5.92. The first kappa shape index (κ1) is 14.7. The summed E-state index contributed by atoms with van der Waals surface area (Å²) in [6.07, 6.45) is 11.6. The Kier molecular flexibility index (Phi) is 3.24. The van der Waals surface area contributed by atoms with Gasteiger partial charge in [-0.05, 0) is 74.5 Å². The summed E-state index contributed by atoms with van der Waals surface area (Å²) in [5, 5.41) is 14.2. The van der Waals surface area contributed by atoms with Crippen LogP contribution < -0.4 is 5.84 Å². The van der Waals surface area contributed by atoms with Crippen molar-refractivity contribution in [3.05, 3.63) is 11.6 Å². The number of aliphatic hydroxyl groups is 1. The lowest BCUT2D eigenvalue weighted by Crippen LogP contribution is -2.50. The molecule has 0 aromatic rings. The van der Waals surface area contributed by atoms with Crippen molar-refractivity contribution in [2.24, 2.45) is 39.5 Å². The zero-order chi connectivity index (χ0) is 15.5. The largest absolute Gasteiger partial charge is 0.393 e. The lowest BCUT2D eigenvalue weighted by Gasteiger charge is -2.57. The van der Waals surface area contributed by atoms with E-state index in [1.165, 1.54) is 37.8 Å². The maximum atomic E-state index is 10.0. The molecule has 0 aromatic carbocycles. The second-order valence-corrected chi connectivity index (χ2v) is 8.73. The summed E-state index contributed by atoms with van der Waals surface area (Å²) in [6.45, 7) is 4.90. The standard InChI is InChI=1S/C19H30N2O/c1-18-9-7-13(22)11-12(18)3-4-14-15-5-6-17(21-20)19(15,2)10-8-16(14)18/h3,13-16,22H,4-11,20H2,1-2H3/b21-17+/t13-,14-,15?,16?,18-,19-/m0/s1. The Morgan fingerprint density at radius 3 is 2.64 bits per heavy atom. The Morgan fingerprint density at radius 2 is 1.86 bits per heavy atom. The van der Waals surface area contributed by atoms with E-state index < -0.39 is 0 Å². The second-order valence-electron chi connectivity index (χ2n) is 8.73. The van der Waals surface area contributed by atoms with Gasteiger partial charge >= 0.3 is 0 Å². The molecule has 3 N–H and O–H groups in total. The van der Waals surface area contributed by atoms with Gasteiger partial charge in [0.2, 0.25) is 0 Å². The summed E-state index contributed by atoms with van der Waals surface area (Å²) >= 11 is 0. The van der Waals surface area contributed by atoms with Gasteiger partial charge in [0, 0.05) is 11.1 Å². The van der Waals surface area contributed by atoms with E-state index in [0.29, 0.717) is 5.41 Å². The van der Waals surface area contributed by atoms with Gasteiger partial charge in [0.25, 0.3) is 0 Å². The summed E-state index contributed by atoms with van der Waals surface area (Å²) in [7, 11) is 0. The molecule has 0 bridgehead atoms. The zero-order valence-electron chi connectivity index (χ0n) is 14.0. The molecule has 0 saturated heterocycles. The van der Waals surface area contributed by atoms with Crippen molar-refractivity contribution in [3.63, 3.8) is 0 Å². The predicted octanol–water partition coefficient (Wildman–Crippen LogP) is 3.62. The van der Waals surface area contributed by atoms with E-state index in [1.54, 1.807) is 5.57 Å². The molecule has 0 radical (unpaired) electrons. The Bertz CT molecular complexity index is 540. The molecule has 4 aliphatic carbocycles. The van der Waals surface area contributed by atoms with Crippen LogP contribution in [0.2, 0.25) is 0 Å². The van der Waals surface area contributed by atoms with Crippen LogP contribution in [0, 0.1) is 28.6 Å². The van der Waals surface area contributed by atoms with Crippen LogP contribution in [0.5, 0.6) is 0 Å². The second kappa shape index (κ2) is 4.83. The fourth-order valence-corrected chi connectivity index (χ4v) is 6.64. The molecule has 122 valence electrons. The number of hydrazone groups is 1. The molecular formula is C19H30N2O. The topological polar surface area (TPSA) is 58.6 Å². The SMILES string of the molecule is C[C@]12CC[C@H](O)CC1=CC[C@@H]1C2CC[C@]2(C)/C(=N/N)CCC12. The van der Waals surface area contributed by atoms with Gasteiger partial charge in [-0.15, -0.1) is 0 Å². The van der Waals surface area contributed by atoms with Crippen LogP contribution in [-0.2, 0) is 0 Å². The molecule has 0 aliphatic heterocycles. The van der Waals surface area contributed by atoms with Crippen LogP contribution >= 0.6 is 0 Å². The minimum atomic E-state index is -0.104. The molecule has 3 nitrogen and oxygen atoms in total. The van der Waals surface area contributed by atoms with Gasteiger partial charge < -0.3 is 10.9 Å². The highest BCUT2D eigenvalue weighted by Gasteiger charge is 2.57. The third-order valence-corrected chi connectivity index (χ3v) is 7.97. The minimum absolute atomic E-state index is 0.104. The van der Waals surface area contributed by atoms with Gasteiger partial charge in [0.15, 0.2) is 0 Å². The van der Waals surface area contributed by atoms with E-state index in [2.05, 4.69) is 25.0 Å². The van der Waals surface area contributed by atoms with Gasteiger partial charge in [0.1, 0.15) is 0 Å². The third-order valence-electron chi connectivity index (χ3n) is 7.97. The molecule has 22 heavy (non-hydrogen) atoms. The number of allylic oxidation sites excluding steroid dienone is 1. The Labute approximate surface area is 134 Å². The van der Waals surface area contributed by atoms with Crippen molar-refractivity contribution < 1.29 is 5.11 Å². The van der Waals surface area contributed by atoms with Gasteiger partial charge in [0.05, 0.1) is 6.10 Å². The number of aliphatic hydroxyl groups excluding tert-OH is 1. The lowest BCUT2D eigenvalue weighted by atomic mass is 9.48. The molecule has 3 saturated carbocycles. The van der Waals surface area contributed by atoms with Crippen LogP contribution in [0.4, 0.5) is 0 Å². The number of rotatable bonds is 0. The van der Waals surface area contributed by atoms with Crippen LogP contribution in [-0.4, -0.2) is 16.9 Å². The highest BCUT2D eigenvalue weighted by Crippen LogP contribution is 2.64. The number of hydrogen-bond acceptors (Lipinski definition) is 3. The summed E-state index contributed by atoms with van der Waals surface area (Å²) in [5.41, 5.74) is 3.43. The van der Waals surface area contributed by atoms with E-state index >= 15 is 0 Å². The summed E-state index contributed by atoms with van der Waals surface area (Å²) < 4.78 is 0. The molecule has 3 fully saturated rings. The van der Waals surface area contributed by atoms with E-state index in [9.17, 15) is 5.11 Å². The van der Waals surface area contributed by atoms with E-state index in [1.807, 2.05) is 0 Å². The van der Waals surface area contributed by atoms with Gasteiger partial charge in [-0.2, -0.15) is 5.10 Å². The van der Waals surface area contributed by atoms with Gasteiger partial charge in [-0.3, -0.25) is 0 Å². The zero-order valence-corrected chi connectivity index (χ0v) is 14.0. The molecule has 0 spiro atoms. The van der Waals surface area contributed by atoms with Crippen molar-refractivity contribution in [3.8, 4) is 0 Å². The summed E-state index contributed by atoms with van der Waals surface area (Å²) in [5.74, 6) is 8.04. The monoisotopic (exact) mass is 302 g/mol. The molecule has 0 amide bonds. The first-order valence-corrected chi connectivity index (χ1v) is 9.14. The van der Waals surface area contributed by atoms with Crippen molar-refractivity contribution in [2.45, 2.75) is 71.3 Å². The van der Waals surface area contributed by atoms with Crippen molar-refractivity contribution in [1.82, 2.24) is 0 Å². The molecule has 3 heteroatoms. The van der Waals surface area contributed by atoms with Crippen molar-refractivity contribution in [2.75, 3.05) is 0 Å². The average molecular weight is 302 g/mol. The fourth-order valence-electron chi connectivity index (χ4n) is 6.64. The van der Waals surface area contributed by atoms with Crippen molar-refractivity contribution >= 4 is 5.71 Å². The number of fused-ring (bicyclic) bond motifs is 5. The highest BCUT2D eigenvalue weighted by atomic mass is 16.3. The van der Waals surface area contributed by atoms with Crippen molar-refractivity contribution in [1.29, 1.82) is 0 Å². The van der Waals surface area contributed by atoms with Crippen LogP contribution in [0.25, 0.3) is 0 Å². The van der Waals surface area contributed by atoms with E-state index in [-0.39, 0.29) is 11.5 Å². The molecule has 6 atom stereocenters. The van der Waals surface area contributed by atoms with E-state index in [4.69, 9.17) is 5.84 Å². The normalized spacial score (nSPS) is 52.7. The molecule has 4 aliphatic rings. The lowest BCUT2D eigenvalue weighted by molar-refractivity contribution is -0.0209. The quantitative estimate of drug-likeness (QED) is 0.408. The molecule has 4 rings (SSSR count). The predicted molar refractivity (Wildman–Crippen MR) is 89.3 cm³/mol.